The number of hydrogen-bond donors (Lipinski definition) is 0. The number of fused-ring (bicyclic) bond motifs is 1. The summed E-state index contributed by atoms with van der Waals surface area (Å²) in [4.78, 5) is 9.12. The molecule has 1 aliphatic heterocycles. The summed E-state index contributed by atoms with van der Waals surface area (Å²) in [7, 11) is 0. The highest BCUT2D eigenvalue weighted by Gasteiger charge is 2.22. The number of pyridine rings is 1. The van der Waals surface area contributed by atoms with Crippen LogP contribution in [0.3, 0.4) is 0 Å². The molecule has 0 bridgehead atoms. The Morgan fingerprint density at radius 3 is 2.94 bits per heavy atom. The Balaban J connectivity index is 2.16. The molecule has 0 saturated carbocycles. The summed E-state index contributed by atoms with van der Waals surface area (Å²) in [5.74, 6) is 1.34. The van der Waals surface area contributed by atoms with Gasteiger partial charge in [-0.3, -0.25) is 0 Å². The number of alkyl halides is 1. The molecular formula is C13H16ClN3O. The van der Waals surface area contributed by atoms with Crippen molar-refractivity contribution in [1.82, 2.24) is 14.5 Å². The first-order valence-corrected chi connectivity index (χ1v) is 6.81. The second-order valence-electron chi connectivity index (χ2n) is 4.68. The highest BCUT2D eigenvalue weighted by Crippen LogP contribution is 2.28. The zero-order chi connectivity index (χ0) is 12.5. The highest BCUT2D eigenvalue weighted by molar-refractivity contribution is 6.16. The Morgan fingerprint density at radius 2 is 2.22 bits per heavy atom. The molecule has 0 N–H and O–H groups in total. The van der Waals surface area contributed by atoms with Crippen molar-refractivity contribution in [1.29, 1.82) is 0 Å². The molecular weight excluding hydrogens is 250 g/mol. The van der Waals surface area contributed by atoms with E-state index < -0.39 is 0 Å². The maximum atomic E-state index is 6.03. The van der Waals surface area contributed by atoms with Crippen molar-refractivity contribution in [3.63, 3.8) is 0 Å². The smallest absolute Gasteiger partial charge is 0.160 e. The Morgan fingerprint density at radius 1 is 1.44 bits per heavy atom. The molecule has 96 valence electrons. The van der Waals surface area contributed by atoms with Gasteiger partial charge in [0.2, 0.25) is 0 Å². The molecule has 1 fully saturated rings. The number of aryl methyl sites for hydroxylation is 1. The van der Waals surface area contributed by atoms with Gasteiger partial charge in [-0.05, 0) is 31.4 Å². The number of hydrogen-bond acceptors (Lipinski definition) is 3. The van der Waals surface area contributed by atoms with Crippen LogP contribution < -0.4 is 0 Å². The van der Waals surface area contributed by atoms with E-state index in [2.05, 4.69) is 21.5 Å². The normalized spacial score (nSPS) is 17.4. The summed E-state index contributed by atoms with van der Waals surface area (Å²) in [6, 6.07) is 2.40. The Kier molecular flexibility index (Phi) is 3.22. The minimum atomic E-state index is 0.409. The van der Waals surface area contributed by atoms with Crippen LogP contribution in [0.2, 0.25) is 0 Å². The summed E-state index contributed by atoms with van der Waals surface area (Å²) in [5.41, 5.74) is 3.08. The first-order chi connectivity index (χ1) is 8.81. The first-order valence-electron chi connectivity index (χ1n) is 6.27. The summed E-state index contributed by atoms with van der Waals surface area (Å²) >= 11 is 6.03. The van der Waals surface area contributed by atoms with Gasteiger partial charge >= 0.3 is 0 Å². The molecule has 0 amide bonds. The standard InChI is InChI=1S/C13H16ClN3O/c1-9-2-5-15-13-12(9)16-11(8-14)17(13)10-3-6-18-7-4-10/h2,5,10H,3-4,6-8H2,1H3. The van der Waals surface area contributed by atoms with Crippen LogP contribution in [0.5, 0.6) is 0 Å². The molecule has 0 aromatic carbocycles. The zero-order valence-corrected chi connectivity index (χ0v) is 11.2. The van der Waals surface area contributed by atoms with Crippen molar-refractivity contribution in [2.75, 3.05) is 13.2 Å². The van der Waals surface area contributed by atoms with Gasteiger partial charge in [-0.1, -0.05) is 0 Å². The monoisotopic (exact) mass is 265 g/mol. The van der Waals surface area contributed by atoms with E-state index in [0.717, 1.165) is 48.6 Å². The van der Waals surface area contributed by atoms with E-state index >= 15 is 0 Å². The Hall–Kier alpha value is -1.13. The molecule has 4 nitrogen and oxygen atoms in total. The lowest BCUT2D eigenvalue weighted by atomic mass is 10.1. The Labute approximate surface area is 111 Å². The molecule has 0 atom stereocenters. The SMILES string of the molecule is Cc1ccnc2c1nc(CCl)n2C1CCOCC1. The lowest BCUT2D eigenvalue weighted by Gasteiger charge is -2.25. The third-order valence-electron chi connectivity index (χ3n) is 3.53. The number of ether oxygens (including phenoxy) is 1. The van der Waals surface area contributed by atoms with Crippen LogP contribution in [0.1, 0.15) is 30.3 Å². The van der Waals surface area contributed by atoms with Crippen molar-refractivity contribution in [3.05, 3.63) is 23.7 Å². The highest BCUT2D eigenvalue weighted by atomic mass is 35.5. The number of aromatic nitrogens is 3. The second-order valence-corrected chi connectivity index (χ2v) is 4.94. The van der Waals surface area contributed by atoms with E-state index in [9.17, 15) is 0 Å². The number of halogens is 1. The molecule has 2 aromatic heterocycles. The van der Waals surface area contributed by atoms with Crippen LogP contribution in [-0.4, -0.2) is 27.7 Å². The van der Waals surface area contributed by atoms with Crippen molar-refractivity contribution >= 4 is 22.8 Å². The van der Waals surface area contributed by atoms with Gasteiger partial charge in [0, 0.05) is 25.5 Å². The van der Waals surface area contributed by atoms with E-state index in [4.69, 9.17) is 16.3 Å². The molecule has 1 saturated heterocycles. The van der Waals surface area contributed by atoms with Crippen molar-refractivity contribution in [3.8, 4) is 0 Å². The topological polar surface area (TPSA) is 39.9 Å². The third-order valence-corrected chi connectivity index (χ3v) is 3.77. The molecule has 0 spiro atoms. The fourth-order valence-electron chi connectivity index (χ4n) is 2.58. The number of rotatable bonds is 2. The lowest BCUT2D eigenvalue weighted by Crippen LogP contribution is -2.21. The van der Waals surface area contributed by atoms with Gasteiger partial charge in [0.25, 0.3) is 0 Å². The van der Waals surface area contributed by atoms with Gasteiger partial charge in [-0.15, -0.1) is 11.6 Å². The number of imidazole rings is 1. The Bertz CT molecular complexity index is 561. The predicted molar refractivity (Wildman–Crippen MR) is 70.9 cm³/mol. The second kappa shape index (κ2) is 4.86. The molecule has 0 radical (unpaired) electrons. The summed E-state index contributed by atoms with van der Waals surface area (Å²) < 4.78 is 7.63. The summed E-state index contributed by atoms with van der Waals surface area (Å²) in [6.07, 6.45) is 3.85. The zero-order valence-electron chi connectivity index (χ0n) is 10.4. The van der Waals surface area contributed by atoms with Gasteiger partial charge < -0.3 is 9.30 Å². The average Bonchev–Trinajstić information content (AvgIpc) is 2.80. The van der Waals surface area contributed by atoms with E-state index in [1.54, 1.807) is 0 Å². The van der Waals surface area contributed by atoms with Crippen molar-refractivity contribution < 1.29 is 4.74 Å². The van der Waals surface area contributed by atoms with E-state index in [-0.39, 0.29) is 0 Å². The average molecular weight is 266 g/mol. The van der Waals surface area contributed by atoms with Gasteiger partial charge in [-0.25, -0.2) is 9.97 Å². The van der Waals surface area contributed by atoms with Gasteiger partial charge in [0.15, 0.2) is 5.65 Å². The van der Waals surface area contributed by atoms with Crippen LogP contribution in [-0.2, 0) is 10.6 Å². The van der Waals surface area contributed by atoms with Crippen LogP contribution >= 0.6 is 11.6 Å². The number of nitrogens with zero attached hydrogens (tertiary/aromatic N) is 3. The fraction of sp³-hybridized carbons (Fsp3) is 0.538. The van der Waals surface area contributed by atoms with E-state index in [1.165, 1.54) is 0 Å². The quantitative estimate of drug-likeness (QED) is 0.784. The first kappa shape index (κ1) is 11.9. The van der Waals surface area contributed by atoms with Crippen LogP contribution in [0.4, 0.5) is 0 Å². The van der Waals surface area contributed by atoms with Crippen LogP contribution in [0, 0.1) is 6.92 Å². The lowest BCUT2D eigenvalue weighted by molar-refractivity contribution is 0.0699. The molecule has 0 unspecified atom stereocenters. The largest absolute Gasteiger partial charge is 0.381 e. The molecule has 18 heavy (non-hydrogen) atoms. The predicted octanol–water partition coefficient (Wildman–Crippen LogP) is 2.83. The molecule has 1 aliphatic rings. The molecule has 3 heterocycles. The summed E-state index contributed by atoms with van der Waals surface area (Å²) in [5, 5.41) is 0. The minimum Gasteiger partial charge on any atom is -0.381 e. The van der Waals surface area contributed by atoms with Crippen LogP contribution in [0.25, 0.3) is 11.2 Å². The summed E-state index contributed by atoms with van der Waals surface area (Å²) in [6.45, 7) is 3.67. The van der Waals surface area contributed by atoms with E-state index in [0.29, 0.717) is 11.9 Å². The fourth-order valence-corrected chi connectivity index (χ4v) is 2.77. The third kappa shape index (κ3) is 1.89. The van der Waals surface area contributed by atoms with E-state index in [1.807, 2.05) is 12.3 Å². The molecule has 5 heteroatoms. The maximum absolute atomic E-state index is 6.03. The minimum absolute atomic E-state index is 0.409. The van der Waals surface area contributed by atoms with Gasteiger partial charge in [0.05, 0.1) is 5.88 Å². The molecule has 3 rings (SSSR count). The molecule has 2 aromatic rings. The van der Waals surface area contributed by atoms with Crippen molar-refractivity contribution in [2.45, 2.75) is 31.7 Å². The van der Waals surface area contributed by atoms with Gasteiger partial charge in [0.1, 0.15) is 11.3 Å². The van der Waals surface area contributed by atoms with Crippen molar-refractivity contribution in [2.24, 2.45) is 0 Å². The maximum Gasteiger partial charge on any atom is 0.160 e. The van der Waals surface area contributed by atoms with Crippen LogP contribution in [0.15, 0.2) is 12.3 Å². The molecule has 0 aliphatic carbocycles. The van der Waals surface area contributed by atoms with Gasteiger partial charge in [-0.2, -0.15) is 0 Å².